The molecule has 0 saturated carbocycles. The van der Waals surface area contributed by atoms with Crippen molar-refractivity contribution in [3.8, 4) is 0 Å². The molecular weight excluding hydrogens is 409 g/mol. The molecule has 1 aromatic heterocycles. The molecule has 3 aromatic rings. The third-order valence-electron chi connectivity index (χ3n) is 3.81. The quantitative estimate of drug-likeness (QED) is 0.313. The zero-order valence-electron chi connectivity index (χ0n) is 13.9. The first kappa shape index (κ1) is 19.4. The molecule has 3 rings (SSSR count). The summed E-state index contributed by atoms with van der Waals surface area (Å²) in [7, 11) is 0. The number of carbonyl (C=O) groups excluding carboxylic acids is 1. The number of aromatic carboxylic acids is 1. The van der Waals surface area contributed by atoms with Gasteiger partial charge in [0, 0.05) is 45.4 Å². The van der Waals surface area contributed by atoms with Crippen molar-refractivity contribution < 1.29 is 19.6 Å². The number of nitro benzene ring substituents is 1. The van der Waals surface area contributed by atoms with Gasteiger partial charge in [0.05, 0.1) is 9.95 Å². The summed E-state index contributed by atoms with van der Waals surface area (Å²) in [5.74, 6) is -1.77. The van der Waals surface area contributed by atoms with E-state index < -0.39 is 16.8 Å². The van der Waals surface area contributed by atoms with Crippen molar-refractivity contribution in [2.45, 2.75) is 0 Å². The lowest BCUT2D eigenvalue weighted by Gasteiger charge is -2.02. The molecule has 0 spiro atoms. The molecule has 1 amide bonds. The standard InChI is InChI=1S/C18H11Cl2N3O5/c19-9-7-13(20)16-12(17(18(25)26)22-14(16)8-9)5-6-15(24)21-10-1-3-11(4-2-10)23(27)28/h1-8,22H,(H,21,24)(H,25,26)/b6-5+. The van der Waals surface area contributed by atoms with Gasteiger partial charge in [-0.1, -0.05) is 23.2 Å². The van der Waals surface area contributed by atoms with E-state index in [1.165, 1.54) is 42.5 Å². The number of carbonyl (C=O) groups is 2. The van der Waals surface area contributed by atoms with Crippen molar-refractivity contribution in [1.29, 1.82) is 0 Å². The lowest BCUT2D eigenvalue weighted by molar-refractivity contribution is -0.384. The SMILES string of the molecule is O=C(/C=C/c1c(C(=O)O)[nH]c2cc(Cl)cc(Cl)c12)Nc1ccc([N+](=O)[O-])cc1. The molecule has 0 radical (unpaired) electrons. The Kier molecular flexibility index (Phi) is 5.34. The number of hydrogen-bond acceptors (Lipinski definition) is 4. The molecule has 0 aliphatic heterocycles. The number of carboxylic acid groups (broad SMARTS) is 1. The highest BCUT2D eigenvalue weighted by molar-refractivity contribution is 6.39. The first-order valence-corrected chi connectivity index (χ1v) is 8.49. The lowest BCUT2D eigenvalue weighted by Crippen LogP contribution is -2.08. The smallest absolute Gasteiger partial charge is 0.352 e. The van der Waals surface area contributed by atoms with Crippen LogP contribution in [-0.4, -0.2) is 26.9 Å². The molecule has 0 unspecified atom stereocenters. The molecule has 1 heterocycles. The van der Waals surface area contributed by atoms with Crippen LogP contribution in [0.3, 0.4) is 0 Å². The number of aromatic nitrogens is 1. The van der Waals surface area contributed by atoms with Gasteiger partial charge in [-0.3, -0.25) is 14.9 Å². The Labute approximate surface area is 167 Å². The minimum absolute atomic E-state index is 0.105. The van der Waals surface area contributed by atoms with Crippen molar-refractivity contribution in [3.63, 3.8) is 0 Å². The van der Waals surface area contributed by atoms with Crippen LogP contribution in [0.4, 0.5) is 11.4 Å². The summed E-state index contributed by atoms with van der Waals surface area (Å²) in [5.41, 5.74) is 0.751. The summed E-state index contributed by atoms with van der Waals surface area (Å²) in [6.07, 6.45) is 2.46. The number of fused-ring (bicyclic) bond motifs is 1. The van der Waals surface area contributed by atoms with Gasteiger partial charge < -0.3 is 15.4 Å². The Balaban J connectivity index is 1.89. The maximum absolute atomic E-state index is 12.1. The molecule has 0 atom stereocenters. The second-order valence-corrected chi connectivity index (χ2v) is 6.50. The zero-order chi connectivity index (χ0) is 20.4. The van der Waals surface area contributed by atoms with E-state index in [0.29, 0.717) is 21.6 Å². The van der Waals surface area contributed by atoms with Gasteiger partial charge in [-0.15, -0.1) is 0 Å². The second-order valence-electron chi connectivity index (χ2n) is 5.66. The highest BCUT2D eigenvalue weighted by Crippen LogP contribution is 2.33. The van der Waals surface area contributed by atoms with Crippen LogP contribution in [0.2, 0.25) is 10.0 Å². The maximum atomic E-state index is 12.1. The van der Waals surface area contributed by atoms with Crippen LogP contribution < -0.4 is 5.32 Å². The van der Waals surface area contributed by atoms with E-state index in [4.69, 9.17) is 23.2 Å². The lowest BCUT2D eigenvalue weighted by atomic mass is 10.1. The second kappa shape index (κ2) is 7.71. The summed E-state index contributed by atoms with van der Waals surface area (Å²) in [4.78, 5) is 36.5. The number of benzene rings is 2. The number of non-ortho nitro benzene ring substituents is 1. The molecule has 3 N–H and O–H groups in total. The minimum Gasteiger partial charge on any atom is -0.477 e. The zero-order valence-corrected chi connectivity index (χ0v) is 15.4. The van der Waals surface area contributed by atoms with E-state index in [9.17, 15) is 24.8 Å². The molecule has 0 fully saturated rings. The number of anilines is 1. The van der Waals surface area contributed by atoms with Crippen LogP contribution in [0.1, 0.15) is 16.1 Å². The van der Waals surface area contributed by atoms with Gasteiger partial charge in [-0.2, -0.15) is 0 Å². The molecule has 0 aliphatic carbocycles. The van der Waals surface area contributed by atoms with Gasteiger partial charge >= 0.3 is 5.97 Å². The van der Waals surface area contributed by atoms with Crippen LogP contribution in [0.15, 0.2) is 42.5 Å². The Bertz CT molecular complexity index is 1140. The Morgan fingerprint density at radius 2 is 1.86 bits per heavy atom. The molecular formula is C18H11Cl2N3O5. The average molecular weight is 420 g/mol. The van der Waals surface area contributed by atoms with E-state index in [1.54, 1.807) is 0 Å². The monoisotopic (exact) mass is 419 g/mol. The Hall–Kier alpha value is -3.36. The first-order chi connectivity index (χ1) is 13.3. The number of halogens is 2. The topological polar surface area (TPSA) is 125 Å². The molecule has 0 bridgehead atoms. The molecule has 0 saturated heterocycles. The predicted molar refractivity (Wildman–Crippen MR) is 106 cm³/mol. The number of amides is 1. The third-order valence-corrected chi connectivity index (χ3v) is 4.33. The number of aromatic amines is 1. The fraction of sp³-hybridized carbons (Fsp3) is 0. The van der Waals surface area contributed by atoms with E-state index in [0.717, 1.165) is 6.08 Å². The largest absolute Gasteiger partial charge is 0.477 e. The van der Waals surface area contributed by atoms with Gasteiger partial charge in [0.15, 0.2) is 0 Å². The predicted octanol–water partition coefficient (Wildman–Crippen LogP) is 4.73. The van der Waals surface area contributed by atoms with Crippen LogP contribution in [0.5, 0.6) is 0 Å². The Morgan fingerprint density at radius 3 is 2.46 bits per heavy atom. The van der Waals surface area contributed by atoms with Crippen LogP contribution >= 0.6 is 23.2 Å². The van der Waals surface area contributed by atoms with Crippen LogP contribution in [0.25, 0.3) is 17.0 Å². The maximum Gasteiger partial charge on any atom is 0.352 e. The molecule has 10 heteroatoms. The first-order valence-electron chi connectivity index (χ1n) is 7.74. The summed E-state index contributed by atoms with van der Waals surface area (Å²) in [6.45, 7) is 0. The number of H-pyrrole nitrogens is 1. The summed E-state index contributed by atoms with van der Waals surface area (Å²) in [6, 6.07) is 8.28. The third kappa shape index (κ3) is 3.98. The molecule has 142 valence electrons. The fourth-order valence-electron chi connectivity index (χ4n) is 2.62. The number of hydrogen-bond donors (Lipinski definition) is 3. The van der Waals surface area contributed by atoms with Crippen molar-refractivity contribution in [2.24, 2.45) is 0 Å². The van der Waals surface area contributed by atoms with E-state index in [2.05, 4.69) is 10.3 Å². The minimum atomic E-state index is -1.22. The van der Waals surface area contributed by atoms with Gasteiger partial charge in [0.1, 0.15) is 5.69 Å². The van der Waals surface area contributed by atoms with Crippen LogP contribution in [0, 0.1) is 10.1 Å². The fourth-order valence-corrected chi connectivity index (χ4v) is 3.21. The number of nitrogens with zero attached hydrogens (tertiary/aromatic N) is 1. The number of nitrogens with one attached hydrogen (secondary N) is 2. The van der Waals surface area contributed by atoms with Gasteiger partial charge in [-0.05, 0) is 30.3 Å². The van der Waals surface area contributed by atoms with E-state index >= 15 is 0 Å². The summed E-state index contributed by atoms with van der Waals surface area (Å²) < 4.78 is 0. The Morgan fingerprint density at radius 1 is 1.18 bits per heavy atom. The summed E-state index contributed by atoms with van der Waals surface area (Å²) in [5, 5.41) is 23.6. The van der Waals surface area contributed by atoms with Gasteiger partial charge in [0.2, 0.25) is 5.91 Å². The number of nitro groups is 1. The molecule has 2 aromatic carbocycles. The van der Waals surface area contributed by atoms with Gasteiger partial charge in [-0.25, -0.2) is 4.79 Å². The van der Waals surface area contributed by atoms with Crippen molar-refractivity contribution in [3.05, 3.63) is 73.9 Å². The number of rotatable bonds is 5. The molecule has 28 heavy (non-hydrogen) atoms. The van der Waals surface area contributed by atoms with E-state index in [-0.39, 0.29) is 22.0 Å². The van der Waals surface area contributed by atoms with Crippen molar-refractivity contribution >= 4 is 63.4 Å². The number of carboxylic acids is 1. The molecule has 0 aliphatic rings. The van der Waals surface area contributed by atoms with Crippen LogP contribution in [-0.2, 0) is 4.79 Å². The molecule has 8 nitrogen and oxygen atoms in total. The average Bonchev–Trinajstić information content (AvgIpc) is 2.99. The van der Waals surface area contributed by atoms with Crippen molar-refractivity contribution in [1.82, 2.24) is 4.98 Å². The van der Waals surface area contributed by atoms with Gasteiger partial charge in [0.25, 0.3) is 5.69 Å². The van der Waals surface area contributed by atoms with E-state index in [1.807, 2.05) is 0 Å². The highest BCUT2D eigenvalue weighted by atomic mass is 35.5. The highest BCUT2D eigenvalue weighted by Gasteiger charge is 2.18. The summed E-state index contributed by atoms with van der Waals surface area (Å²) >= 11 is 12.1. The normalized spacial score (nSPS) is 11.1. The van der Waals surface area contributed by atoms with Crippen molar-refractivity contribution in [2.75, 3.05) is 5.32 Å².